The molecule has 0 N–H and O–H groups in total. The molecule has 14 heteroatoms. The maximum absolute atomic E-state index is 6.82. The molecule has 510 valence electrons. The number of ether oxygens (including phenoxy) is 2. The minimum atomic E-state index is -0.0873. The third-order valence-electron chi connectivity index (χ3n) is 23.7. The zero-order valence-corrected chi connectivity index (χ0v) is 61.7. The van der Waals surface area contributed by atoms with E-state index in [9.17, 15) is 0 Å². The molecule has 16 aromatic rings. The van der Waals surface area contributed by atoms with Gasteiger partial charge >= 0.3 is 0 Å². The average Bonchev–Trinajstić information content (AvgIpc) is 0.684. The standard InChI is InChI=1S/C96H54B2N6O2S4/c1-8-31-79-67(23-1)101-75-50-57(51-76-90(75)97(63-20-16-33-81(105-79)92(63)101)64-21-17-34-82-93(64)102(76)68-24-2-9-32-80(68)106-82)56-43-47-61(48-44-56)100-71-27-5-14-39-87(71)110-96-62(19-15-30-74(96)100)59-49-66-95-89(54-59)109-86-38-13-7-29-73(86)104(95)78-53-58(52-77-91(78)98(66)65-22-18-40-88-94(65)103(77)72-28-6-12-37-85(72)108-88)55-41-45-60(46-42-55)99-69-25-3-10-35-83(69)107-84-36-11-4-26-70(84)99/h1-54H. The molecule has 0 bridgehead atoms. The van der Waals surface area contributed by atoms with Gasteiger partial charge in [-0.15, -0.1) is 0 Å². The van der Waals surface area contributed by atoms with Gasteiger partial charge < -0.3 is 38.9 Å². The minimum absolute atomic E-state index is 0.0768. The van der Waals surface area contributed by atoms with E-state index in [4.69, 9.17) is 9.47 Å². The van der Waals surface area contributed by atoms with Crippen molar-refractivity contribution < 1.29 is 9.47 Å². The van der Waals surface area contributed by atoms with Crippen LogP contribution in [-0.2, 0) is 0 Å². The Morgan fingerprint density at radius 2 is 0.555 bits per heavy atom. The van der Waals surface area contributed by atoms with E-state index < -0.39 is 0 Å². The first-order valence-electron chi connectivity index (χ1n) is 37.3. The number of hydrogen-bond donors (Lipinski definition) is 0. The molecule has 10 heterocycles. The molecule has 26 rings (SSSR count). The van der Waals surface area contributed by atoms with Crippen molar-refractivity contribution in [2.75, 3.05) is 29.4 Å². The molecule has 0 unspecified atom stereocenters. The lowest BCUT2D eigenvalue weighted by atomic mass is 9.33. The quantitative estimate of drug-likeness (QED) is 0.154. The van der Waals surface area contributed by atoms with Crippen LogP contribution in [0.25, 0.3) is 33.4 Å². The summed E-state index contributed by atoms with van der Waals surface area (Å²) in [7, 11) is 0. The summed E-state index contributed by atoms with van der Waals surface area (Å²) < 4.78 is 13.6. The van der Waals surface area contributed by atoms with E-state index in [-0.39, 0.29) is 13.4 Å². The van der Waals surface area contributed by atoms with E-state index >= 15 is 0 Å². The van der Waals surface area contributed by atoms with Gasteiger partial charge in [-0.05, 0) is 230 Å². The first kappa shape index (κ1) is 60.5. The summed E-state index contributed by atoms with van der Waals surface area (Å²) in [5, 5.41) is 0. The Morgan fingerprint density at radius 3 is 1.05 bits per heavy atom. The van der Waals surface area contributed by atoms with Gasteiger partial charge in [0, 0.05) is 73.3 Å². The van der Waals surface area contributed by atoms with E-state index in [0.29, 0.717) is 0 Å². The zero-order chi connectivity index (χ0) is 71.3. The summed E-state index contributed by atoms with van der Waals surface area (Å²) in [6, 6.07) is 122. The molecule has 0 radical (unpaired) electrons. The van der Waals surface area contributed by atoms with Gasteiger partial charge in [0.1, 0.15) is 0 Å². The molecule has 0 fully saturated rings. The summed E-state index contributed by atoms with van der Waals surface area (Å²) in [5.41, 5.74) is 35.3. The summed E-state index contributed by atoms with van der Waals surface area (Å²) in [4.78, 5) is 25.0. The molecule has 0 aliphatic carbocycles. The van der Waals surface area contributed by atoms with E-state index in [1.54, 1.807) is 0 Å². The van der Waals surface area contributed by atoms with Crippen LogP contribution in [0.15, 0.2) is 367 Å². The summed E-state index contributed by atoms with van der Waals surface area (Å²) >= 11 is 7.52. The van der Waals surface area contributed by atoms with Gasteiger partial charge in [-0.1, -0.05) is 211 Å². The molecule has 0 aromatic heterocycles. The molecule has 0 spiro atoms. The van der Waals surface area contributed by atoms with Crippen LogP contribution in [0.4, 0.5) is 102 Å². The molecule has 10 aliphatic rings. The van der Waals surface area contributed by atoms with E-state index in [1.807, 2.05) is 47.0 Å². The fraction of sp³-hybridized carbons (Fsp3) is 0. The van der Waals surface area contributed by atoms with Crippen LogP contribution < -0.4 is 71.7 Å². The predicted octanol–water partition coefficient (Wildman–Crippen LogP) is 23.9. The summed E-state index contributed by atoms with van der Waals surface area (Å²) in [5.74, 6) is 3.37. The molecular formula is C96H54B2N6O2S4. The van der Waals surface area contributed by atoms with Crippen LogP contribution in [0.2, 0.25) is 0 Å². The second-order valence-corrected chi connectivity index (χ2v) is 33.7. The number of benzene rings is 16. The Labute approximate surface area is 652 Å². The smallest absolute Gasteiger partial charge is 0.252 e. The molecule has 0 saturated heterocycles. The van der Waals surface area contributed by atoms with Gasteiger partial charge in [-0.25, -0.2) is 0 Å². The molecule has 10 aliphatic heterocycles. The molecule has 0 amide bonds. The third kappa shape index (κ3) is 8.29. The second kappa shape index (κ2) is 22.5. The molecular weight excluding hydrogens is 1420 g/mol. The fourth-order valence-electron chi connectivity index (χ4n) is 19.2. The van der Waals surface area contributed by atoms with E-state index in [1.165, 1.54) is 134 Å². The molecule has 8 nitrogen and oxygen atoms in total. The first-order valence-corrected chi connectivity index (χ1v) is 40.6. The number of fused-ring (bicyclic) bond motifs is 20. The molecule has 16 aromatic carbocycles. The Hall–Kier alpha value is -12.6. The van der Waals surface area contributed by atoms with Crippen molar-refractivity contribution in [3.05, 3.63) is 328 Å². The van der Waals surface area contributed by atoms with Crippen LogP contribution in [-0.4, -0.2) is 13.4 Å². The maximum atomic E-state index is 6.82. The average molecular weight is 1470 g/mol. The Bertz CT molecular complexity index is 6660. The fourth-order valence-corrected chi connectivity index (χ4v) is 23.7. The van der Waals surface area contributed by atoms with E-state index in [2.05, 4.69) is 357 Å². The monoisotopic (exact) mass is 1470 g/mol. The van der Waals surface area contributed by atoms with Crippen LogP contribution in [0.5, 0.6) is 23.0 Å². The number of hydrogen-bond acceptors (Lipinski definition) is 12. The van der Waals surface area contributed by atoms with Gasteiger partial charge in [-0.3, -0.25) is 0 Å². The van der Waals surface area contributed by atoms with Crippen LogP contribution in [0.3, 0.4) is 0 Å². The number of nitrogens with zero attached hydrogens (tertiary/aromatic N) is 6. The lowest BCUT2D eigenvalue weighted by Crippen LogP contribution is -2.62. The van der Waals surface area contributed by atoms with Crippen molar-refractivity contribution in [1.82, 2.24) is 0 Å². The summed E-state index contributed by atoms with van der Waals surface area (Å²) in [6.07, 6.45) is 0. The van der Waals surface area contributed by atoms with Crippen molar-refractivity contribution in [3.63, 3.8) is 0 Å². The maximum Gasteiger partial charge on any atom is 0.252 e. The first-order chi connectivity index (χ1) is 54.5. The Morgan fingerprint density at radius 1 is 0.209 bits per heavy atom. The number of rotatable bonds is 5. The highest BCUT2D eigenvalue weighted by Crippen LogP contribution is 2.63. The minimum Gasteiger partial charge on any atom is -0.453 e. The highest BCUT2D eigenvalue weighted by atomic mass is 32.2. The van der Waals surface area contributed by atoms with Crippen LogP contribution in [0, 0.1) is 0 Å². The van der Waals surface area contributed by atoms with Crippen molar-refractivity contribution in [2.24, 2.45) is 0 Å². The largest absolute Gasteiger partial charge is 0.453 e. The molecule has 0 atom stereocenters. The highest BCUT2D eigenvalue weighted by Gasteiger charge is 2.51. The lowest BCUT2D eigenvalue weighted by Gasteiger charge is -2.48. The number of para-hydroxylation sites is 12. The highest BCUT2D eigenvalue weighted by molar-refractivity contribution is 8.00. The van der Waals surface area contributed by atoms with Crippen LogP contribution in [0.1, 0.15) is 0 Å². The van der Waals surface area contributed by atoms with Crippen molar-refractivity contribution >= 4 is 196 Å². The van der Waals surface area contributed by atoms with Gasteiger partial charge in [0.2, 0.25) is 0 Å². The van der Waals surface area contributed by atoms with Gasteiger partial charge in [0.05, 0.1) is 68.2 Å². The SMILES string of the molecule is c1ccc2c(c1)Oc1cccc3c1N2c1cc(-c2ccc(N4c5ccccc5Sc5c(-c6cc7c8c(c6)B6c9cccc%10c9N(c9ccccc9S%10)c9cc(-c%10ccc(N%11c%12ccccc%12Sc%12ccccc%12%11)cc%10)cc(c96)N8c6ccccc6S7)cccc54)cc2)cc2c1B3c1cccc3c1N2c1ccccc1O3. The Balaban J connectivity index is 0.627. The van der Waals surface area contributed by atoms with E-state index in [0.717, 1.165) is 96.6 Å². The van der Waals surface area contributed by atoms with Crippen LogP contribution >= 0.6 is 47.0 Å². The second-order valence-electron chi connectivity index (χ2n) is 29.4. The lowest BCUT2D eigenvalue weighted by molar-refractivity contribution is 0.477. The van der Waals surface area contributed by atoms with Crippen molar-refractivity contribution in [1.29, 1.82) is 0 Å². The van der Waals surface area contributed by atoms with Gasteiger partial charge in [-0.2, -0.15) is 0 Å². The van der Waals surface area contributed by atoms with Crippen molar-refractivity contribution in [2.45, 2.75) is 39.2 Å². The Kier molecular flexibility index (Phi) is 12.4. The predicted molar refractivity (Wildman–Crippen MR) is 457 cm³/mol. The molecule has 110 heavy (non-hydrogen) atoms. The van der Waals surface area contributed by atoms with Crippen molar-refractivity contribution in [3.8, 4) is 56.4 Å². The van der Waals surface area contributed by atoms with Gasteiger partial charge in [0.25, 0.3) is 13.4 Å². The summed E-state index contributed by atoms with van der Waals surface area (Å²) in [6.45, 7) is -0.164. The topological polar surface area (TPSA) is 37.9 Å². The number of anilines is 18. The zero-order valence-electron chi connectivity index (χ0n) is 58.5. The molecule has 0 saturated carbocycles. The van der Waals surface area contributed by atoms with Gasteiger partial charge in [0.15, 0.2) is 23.0 Å². The third-order valence-corrected chi connectivity index (χ3v) is 28.2. The normalized spacial score (nSPS) is 14.6.